The number of aliphatic hydroxyl groups is 1. The summed E-state index contributed by atoms with van der Waals surface area (Å²) in [4.78, 5) is 20.2. The molecule has 144 valence electrons. The van der Waals surface area contributed by atoms with Crippen LogP contribution in [-0.2, 0) is 6.42 Å². The highest BCUT2D eigenvalue weighted by Gasteiger charge is 2.15. The number of nitrogens with zero attached hydrogens (tertiary/aromatic N) is 2. The number of primary amides is 1. The van der Waals surface area contributed by atoms with Gasteiger partial charge in [0.1, 0.15) is 11.5 Å². The molecule has 1 unspecified atom stereocenters. The summed E-state index contributed by atoms with van der Waals surface area (Å²) in [6.07, 6.45) is 3.04. The van der Waals surface area contributed by atoms with Crippen molar-refractivity contribution in [3.63, 3.8) is 0 Å². The number of amides is 1. The van der Waals surface area contributed by atoms with Crippen LogP contribution in [0.5, 0.6) is 0 Å². The van der Waals surface area contributed by atoms with E-state index in [1.54, 1.807) is 36.7 Å². The molecule has 4 rings (SSSR count). The van der Waals surface area contributed by atoms with Crippen molar-refractivity contribution in [2.75, 3.05) is 0 Å². The van der Waals surface area contributed by atoms with E-state index in [4.69, 9.17) is 5.73 Å². The number of pyridine rings is 2. The lowest BCUT2D eigenvalue weighted by atomic mass is 9.96. The van der Waals surface area contributed by atoms with Crippen LogP contribution in [0.2, 0.25) is 0 Å². The molecule has 0 spiro atoms. The first-order valence-electron chi connectivity index (χ1n) is 9.08. The minimum Gasteiger partial charge on any atom is -0.388 e. The molecule has 2 aromatic carbocycles. The highest BCUT2D eigenvalue weighted by atomic mass is 19.1. The van der Waals surface area contributed by atoms with E-state index in [2.05, 4.69) is 9.97 Å². The molecule has 3 N–H and O–H groups in total. The van der Waals surface area contributed by atoms with Crippen LogP contribution in [0, 0.1) is 5.82 Å². The Hall–Kier alpha value is -3.64. The Morgan fingerprint density at radius 2 is 1.90 bits per heavy atom. The fourth-order valence-electron chi connectivity index (χ4n) is 3.31. The summed E-state index contributed by atoms with van der Waals surface area (Å²) in [5.41, 5.74) is 9.13. The average Bonchev–Trinajstić information content (AvgIpc) is 2.73. The van der Waals surface area contributed by atoms with Gasteiger partial charge in [0.05, 0.1) is 11.6 Å². The van der Waals surface area contributed by atoms with Crippen molar-refractivity contribution in [3.05, 3.63) is 95.7 Å². The molecule has 0 saturated carbocycles. The van der Waals surface area contributed by atoms with E-state index in [1.807, 2.05) is 24.3 Å². The Labute approximate surface area is 166 Å². The first-order chi connectivity index (χ1) is 14.0. The molecular formula is C23H18FN3O2. The summed E-state index contributed by atoms with van der Waals surface area (Å²) in [6, 6.07) is 16.7. The zero-order valence-electron chi connectivity index (χ0n) is 15.4. The van der Waals surface area contributed by atoms with Crippen LogP contribution < -0.4 is 5.73 Å². The summed E-state index contributed by atoms with van der Waals surface area (Å²) in [6.45, 7) is 0. The number of hydrogen-bond donors (Lipinski definition) is 2. The molecule has 2 heterocycles. The topological polar surface area (TPSA) is 89.1 Å². The second-order valence-electron chi connectivity index (χ2n) is 6.78. The highest BCUT2D eigenvalue weighted by Crippen LogP contribution is 2.31. The minimum atomic E-state index is -0.753. The Bertz CT molecular complexity index is 1180. The number of aliphatic hydroxyl groups excluding tert-OH is 1. The van der Waals surface area contributed by atoms with Gasteiger partial charge in [-0.2, -0.15) is 0 Å². The maximum Gasteiger partial charge on any atom is 0.267 e. The van der Waals surface area contributed by atoms with Gasteiger partial charge in [-0.05, 0) is 52.6 Å². The first-order valence-corrected chi connectivity index (χ1v) is 9.08. The summed E-state index contributed by atoms with van der Waals surface area (Å²) in [5.74, 6) is -1.00. The third kappa shape index (κ3) is 3.97. The molecule has 6 heteroatoms. The second kappa shape index (κ2) is 7.77. The summed E-state index contributed by atoms with van der Waals surface area (Å²) in [7, 11) is 0. The number of hydrogen-bond acceptors (Lipinski definition) is 4. The maximum absolute atomic E-state index is 13.3. The highest BCUT2D eigenvalue weighted by molar-refractivity contribution is 6.00. The number of fused-ring (bicyclic) bond motifs is 1. The number of carbonyl (C=O) groups excluding carboxylic acids is 1. The number of halogens is 1. The summed E-state index contributed by atoms with van der Waals surface area (Å²) >= 11 is 0. The lowest BCUT2D eigenvalue weighted by molar-refractivity contribution is 0.0996. The number of aromatic nitrogens is 2. The molecule has 0 radical (unpaired) electrons. The molecule has 29 heavy (non-hydrogen) atoms. The van der Waals surface area contributed by atoms with E-state index in [0.717, 1.165) is 22.1 Å². The van der Waals surface area contributed by atoms with E-state index in [-0.39, 0.29) is 11.5 Å². The van der Waals surface area contributed by atoms with Gasteiger partial charge < -0.3 is 10.8 Å². The van der Waals surface area contributed by atoms with Gasteiger partial charge in [0, 0.05) is 24.2 Å². The van der Waals surface area contributed by atoms with Gasteiger partial charge >= 0.3 is 0 Å². The quantitative estimate of drug-likeness (QED) is 0.545. The molecule has 0 aliphatic rings. The van der Waals surface area contributed by atoms with Crippen LogP contribution in [0.3, 0.4) is 0 Å². The number of nitrogens with two attached hydrogens (primary N) is 1. The third-order valence-corrected chi connectivity index (χ3v) is 4.78. The van der Waals surface area contributed by atoms with Gasteiger partial charge in [0.25, 0.3) is 5.91 Å². The molecule has 0 aliphatic heterocycles. The van der Waals surface area contributed by atoms with Crippen molar-refractivity contribution >= 4 is 16.8 Å². The predicted molar refractivity (Wildman–Crippen MR) is 109 cm³/mol. The molecular weight excluding hydrogens is 369 g/mol. The lowest BCUT2D eigenvalue weighted by Crippen LogP contribution is -2.13. The van der Waals surface area contributed by atoms with Crippen molar-refractivity contribution < 1.29 is 14.3 Å². The normalized spacial score (nSPS) is 12.1. The monoisotopic (exact) mass is 387 g/mol. The zero-order valence-corrected chi connectivity index (χ0v) is 15.4. The molecule has 0 fully saturated rings. The Morgan fingerprint density at radius 3 is 2.59 bits per heavy atom. The molecule has 0 saturated heterocycles. The van der Waals surface area contributed by atoms with E-state index >= 15 is 0 Å². The standard InChI is InChI=1S/C23H18FN3O2/c24-17-6-3-15(4-7-17)19-12-21(23(25)29)27-20-11-16(5-8-18(19)20)22(28)10-14-2-1-9-26-13-14/h1-9,11-13,22,28H,10H2,(H2,25,29). The maximum atomic E-state index is 13.3. The minimum absolute atomic E-state index is 0.107. The Kier molecular flexibility index (Phi) is 5.01. The van der Waals surface area contributed by atoms with Gasteiger partial charge in [0.2, 0.25) is 0 Å². The molecule has 1 amide bonds. The second-order valence-corrected chi connectivity index (χ2v) is 6.78. The van der Waals surface area contributed by atoms with Crippen molar-refractivity contribution in [2.24, 2.45) is 5.73 Å². The number of rotatable bonds is 5. The lowest BCUT2D eigenvalue weighted by Gasteiger charge is -2.14. The molecule has 4 aromatic rings. The zero-order chi connectivity index (χ0) is 20.4. The predicted octanol–water partition coefficient (Wildman–Crippen LogP) is 3.81. The van der Waals surface area contributed by atoms with Gasteiger partial charge in [-0.25, -0.2) is 9.37 Å². The van der Waals surface area contributed by atoms with Crippen LogP contribution in [-0.4, -0.2) is 21.0 Å². The Morgan fingerprint density at radius 1 is 1.10 bits per heavy atom. The van der Waals surface area contributed by atoms with Gasteiger partial charge in [-0.1, -0.05) is 30.3 Å². The van der Waals surface area contributed by atoms with Crippen LogP contribution in [0.15, 0.2) is 73.1 Å². The van der Waals surface area contributed by atoms with Crippen LogP contribution in [0.25, 0.3) is 22.0 Å². The van der Waals surface area contributed by atoms with E-state index in [0.29, 0.717) is 17.5 Å². The van der Waals surface area contributed by atoms with Crippen molar-refractivity contribution in [1.82, 2.24) is 9.97 Å². The molecule has 0 bridgehead atoms. The SMILES string of the molecule is NC(=O)c1cc(-c2ccc(F)cc2)c2ccc(C(O)Cc3cccnc3)cc2n1. The van der Waals surface area contributed by atoms with Crippen molar-refractivity contribution in [3.8, 4) is 11.1 Å². The summed E-state index contributed by atoms with van der Waals surface area (Å²) < 4.78 is 13.3. The van der Waals surface area contributed by atoms with Crippen molar-refractivity contribution in [2.45, 2.75) is 12.5 Å². The number of carbonyl (C=O) groups is 1. The smallest absolute Gasteiger partial charge is 0.267 e. The summed E-state index contributed by atoms with van der Waals surface area (Å²) in [5, 5.41) is 11.4. The molecule has 1 atom stereocenters. The van der Waals surface area contributed by atoms with E-state index < -0.39 is 12.0 Å². The Balaban J connectivity index is 1.79. The molecule has 5 nitrogen and oxygen atoms in total. The third-order valence-electron chi connectivity index (χ3n) is 4.78. The largest absolute Gasteiger partial charge is 0.388 e. The first kappa shape index (κ1) is 18.7. The van der Waals surface area contributed by atoms with E-state index in [9.17, 15) is 14.3 Å². The van der Waals surface area contributed by atoms with Crippen molar-refractivity contribution in [1.29, 1.82) is 0 Å². The van der Waals surface area contributed by atoms with Crippen LogP contribution >= 0.6 is 0 Å². The van der Waals surface area contributed by atoms with E-state index in [1.165, 1.54) is 12.1 Å². The van der Waals surface area contributed by atoms with Crippen LogP contribution in [0.1, 0.15) is 27.7 Å². The molecule has 0 aliphatic carbocycles. The van der Waals surface area contributed by atoms with Gasteiger partial charge in [0.15, 0.2) is 0 Å². The van der Waals surface area contributed by atoms with Crippen LogP contribution in [0.4, 0.5) is 4.39 Å². The fraction of sp³-hybridized carbons (Fsp3) is 0.0870. The average molecular weight is 387 g/mol. The van der Waals surface area contributed by atoms with Gasteiger partial charge in [-0.3, -0.25) is 9.78 Å². The fourth-order valence-corrected chi connectivity index (χ4v) is 3.31. The van der Waals surface area contributed by atoms with Gasteiger partial charge in [-0.15, -0.1) is 0 Å². The molecule has 2 aromatic heterocycles. The number of benzene rings is 2.